The third-order valence-corrected chi connectivity index (χ3v) is 4.35. The maximum Gasteiger partial charge on any atom is 0.269 e. The van der Waals surface area contributed by atoms with Crippen LogP contribution in [0.5, 0.6) is 5.75 Å². The topological polar surface area (TPSA) is 94.5 Å². The van der Waals surface area contributed by atoms with Crippen molar-refractivity contribution in [2.24, 2.45) is 0 Å². The Hall–Kier alpha value is -3.26. The minimum atomic E-state index is -0.446. The second-order valence-electron chi connectivity index (χ2n) is 6.19. The fourth-order valence-electron chi connectivity index (χ4n) is 2.63. The smallest absolute Gasteiger partial charge is 0.269 e. The molecule has 27 heavy (non-hydrogen) atoms. The molecule has 0 aliphatic carbocycles. The van der Waals surface area contributed by atoms with Crippen LogP contribution in [0.2, 0.25) is 0 Å². The number of benzene rings is 2. The molecular formula is C19H20N4O4. The molecule has 0 bridgehead atoms. The molecule has 0 radical (unpaired) electrons. The van der Waals surface area contributed by atoms with Crippen LogP contribution in [0.15, 0.2) is 52.9 Å². The number of nitro groups is 1. The van der Waals surface area contributed by atoms with E-state index in [0.29, 0.717) is 23.9 Å². The molecule has 0 aliphatic heterocycles. The Morgan fingerprint density at radius 2 is 1.96 bits per heavy atom. The van der Waals surface area contributed by atoms with Crippen LogP contribution in [0.1, 0.15) is 24.4 Å². The molecule has 1 heterocycles. The fraction of sp³-hybridized carbons (Fsp3) is 0.263. The van der Waals surface area contributed by atoms with E-state index in [9.17, 15) is 10.1 Å². The van der Waals surface area contributed by atoms with E-state index < -0.39 is 4.92 Å². The first-order valence-electron chi connectivity index (χ1n) is 8.39. The van der Waals surface area contributed by atoms with E-state index >= 15 is 0 Å². The van der Waals surface area contributed by atoms with Crippen molar-refractivity contribution in [2.75, 3.05) is 14.2 Å². The van der Waals surface area contributed by atoms with Gasteiger partial charge in [0.15, 0.2) is 0 Å². The summed E-state index contributed by atoms with van der Waals surface area (Å²) in [7, 11) is 3.61. The van der Waals surface area contributed by atoms with Gasteiger partial charge >= 0.3 is 0 Å². The molecule has 3 rings (SSSR count). The number of methoxy groups -OCH3 is 1. The Balaban J connectivity index is 1.71. The van der Waals surface area contributed by atoms with Gasteiger partial charge in [0.1, 0.15) is 5.75 Å². The fourth-order valence-corrected chi connectivity index (χ4v) is 2.63. The second-order valence-corrected chi connectivity index (χ2v) is 6.19. The molecule has 1 aromatic heterocycles. The van der Waals surface area contributed by atoms with Crippen LogP contribution >= 0.6 is 0 Å². The summed E-state index contributed by atoms with van der Waals surface area (Å²) >= 11 is 0. The van der Waals surface area contributed by atoms with Gasteiger partial charge in [-0.2, -0.15) is 0 Å². The Morgan fingerprint density at radius 3 is 2.63 bits per heavy atom. The summed E-state index contributed by atoms with van der Waals surface area (Å²) in [5.41, 5.74) is 1.77. The highest BCUT2D eigenvalue weighted by atomic mass is 16.6. The first kappa shape index (κ1) is 18.5. The number of nitrogens with zero attached hydrogens (tertiary/aromatic N) is 4. The number of nitro benzene ring substituents is 1. The highest BCUT2D eigenvalue weighted by Crippen LogP contribution is 2.26. The summed E-state index contributed by atoms with van der Waals surface area (Å²) in [6.45, 7) is 2.67. The summed E-state index contributed by atoms with van der Waals surface area (Å²) in [5, 5.41) is 18.9. The molecule has 0 saturated carbocycles. The normalized spacial score (nSPS) is 12.1. The third kappa shape index (κ3) is 4.29. The minimum absolute atomic E-state index is 0.0184. The Bertz CT molecular complexity index is 923. The SMILES string of the molecule is COc1cccc(CN(C)[C@H](C)c2nnc(-c3ccc([N+](=O)[O-])cc3)o2)c1. The van der Waals surface area contributed by atoms with Crippen molar-refractivity contribution in [1.82, 2.24) is 15.1 Å². The van der Waals surface area contributed by atoms with Crippen molar-refractivity contribution in [3.63, 3.8) is 0 Å². The standard InChI is InChI=1S/C19H20N4O4/c1-13(22(2)12-14-5-4-6-17(11-14)26-3)18-20-21-19(27-18)15-7-9-16(10-8-15)23(24)25/h4-11,13H,12H2,1-3H3/t13-/m1/s1. The molecule has 140 valence electrons. The van der Waals surface area contributed by atoms with Gasteiger partial charge in [-0.15, -0.1) is 10.2 Å². The van der Waals surface area contributed by atoms with Crippen molar-refractivity contribution in [1.29, 1.82) is 0 Å². The molecule has 0 aliphatic rings. The van der Waals surface area contributed by atoms with Crippen LogP contribution < -0.4 is 4.74 Å². The molecule has 0 N–H and O–H groups in total. The Kier molecular flexibility index (Phi) is 5.46. The maximum atomic E-state index is 10.7. The molecule has 3 aromatic rings. The lowest BCUT2D eigenvalue weighted by Crippen LogP contribution is -2.22. The highest BCUT2D eigenvalue weighted by molar-refractivity contribution is 5.55. The van der Waals surface area contributed by atoms with Crippen LogP contribution in [0.3, 0.4) is 0 Å². The van der Waals surface area contributed by atoms with Crippen molar-refractivity contribution in [3.05, 3.63) is 70.1 Å². The van der Waals surface area contributed by atoms with E-state index in [1.807, 2.05) is 38.2 Å². The zero-order chi connectivity index (χ0) is 19.4. The molecule has 0 saturated heterocycles. The number of aromatic nitrogens is 2. The molecule has 8 heteroatoms. The second kappa shape index (κ2) is 7.96. The zero-order valence-electron chi connectivity index (χ0n) is 15.3. The molecule has 0 fully saturated rings. The average molecular weight is 368 g/mol. The van der Waals surface area contributed by atoms with Gasteiger partial charge in [-0.05, 0) is 43.8 Å². The lowest BCUT2D eigenvalue weighted by atomic mass is 10.2. The van der Waals surface area contributed by atoms with Gasteiger partial charge in [-0.25, -0.2) is 0 Å². The monoisotopic (exact) mass is 368 g/mol. The van der Waals surface area contributed by atoms with Crippen LogP contribution in [0, 0.1) is 10.1 Å². The number of hydrogen-bond donors (Lipinski definition) is 0. The Labute approximate surface area is 156 Å². The van der Waals surface area contributed by atoms with E-state index in [2.05, 4.69) is 15.1 Å². The van der Waals surface area contributed by atoms with Crippen molar-refractivity contribution in [2.45, 2.75) is 19.5 Å². The average Bonchev–Trinajstić information content (AvgIpc) is 3.17. The van der Waals surface area contributed by atoms with Gasteiger partial charge in [-0.1, -0.05) is 12.1 Å². The summed E-state index contributed by atoms with van der Waals surface area (Å²) < 4.78 is 11.0. The van der Waals surface area contributed by atoms with Crippen LogP contribution in [0.25, 0.3) is 11.5 Å². The number of non-ortho nitro benzene ring substituents is 1. The molecule has 0 spiro atoms. The Morgan fingerprint density at radius 1 is 1.22 bits per heavy atom. The molecule has 8 nitrogen and oxygen atoms in total. The number of rotatable bonds is 7. The van der Waals surface area contributed by atoms with Crippen molar-refractivity contribution < 1.29 is 14.1 Å². The van der Waals surface area contributed by atoms with E-state index in [1.54, 1.807) is 19.2 Å². The van der Waals surface area contributed by atoms with Crippen molar-refractivity contribution >= 4 is 5.69 Å². The molecule has 0 unspecified atom stereocenters. The van der Waals surface area contributed by atoms with Gasteiger partial charge in [0.25, 0.3) is 5.69 Å². The largest absolute Gasteiger partial charge is 0.497 e. The quantitative estimate of drug-likeness (QED) is 0.462. The predicted molar refractivity (Wildman–Crippen MR) is 99.3 cm³/mol. The zero-order valence-corrected chi connectivity index (χ0v) is 15.3. The van der Waals surface area contributed by atoms with E-state index in [0.717, 1.165) is 11.3 Å². The number of hydrogen-bond acceptors (Lipinski definition) is 7. The lowest BCUT2D eigenvalue weighted by molar-refractivity contribution is -0.384. The summed E-state index contributed by atoms with van der Waals surface area (Å²) in [5.74, 6) is 1.63. The lowest BCUT2D eigenvalue weighted by Gasteiger charge is -2.21. The summed E-state index contributed by atoms with van der Waals surface area (Å²) in [6, 6.07) is 13.8. The first-order chi connectivity index (χ1) is 13.0. The van der Waals surface area contributed by atoms with E-state index in [1.165, 1.54) is 12.1 Å². The molecule has 1 atom stereocenters. The van der Waals surface area contributed by atoms with E-state index in [-0.39, 0.29) is 11.7 Å². The number of ether oxygens (including phenoxy) is 1. The molecular weight excluding hydrogens is 348 g/mol. The first-order valence-corrected chi connectivity index (χ1v) is 8.39. The summed E-state index contributed by atoms with van der Waals surface area (Å²) in [6.07, 6.45) is 0. The van der Waals surface area contributed by atoms with Crippen LogP contribution in [-0.2, 0) is 6.54 Å². The third-order valence-electron chi connectivity index (χ3n) is 4.35. The van der Waals surface area contributed by atoms with E-state index in [4.69, 9.17) is 9.15 Å². The highest BCUT2D eigenvalue weighted by Gasteiger charge is 2.20. The van der Waals surface area contributed by atoms with Gasteiger partial charge in [0.05, 0.1) is 18.1 Å². The van der Waals surface area contributed by atoms with Gasteiger partial charge in [0, 0.05) is 24.2 Å². The predicted octanol–water partition coefficient (Wildman–Crippen LogP) is 3.85. The van der Waals surface area contributed by atoms with Gasteiger partial charge in [-0.3, -0.25) is 15.0 Å². The molecule has 0 amide bonds. The maximum absolute atomic E-state index is 10.7. The summed E-state index contributed by atoms with van der Waals surface area (Å²) in [4.78, 5) is 12.4. The van der Waals surface area contributed by atoms with Crippen molar-refractivity contribution in [3.8, 4) is 17.2 Å². The minimum Gasteiger partial charge on any atom is -0.497 e. The van der Waals surface area contributed by atoms with Gasteiger partial charge < -0.3 is 9.15 Å². The molecule has 2 aromatic carbocycles. The van der Waals surface area contributed by atoms with Crippen LogP contribution in [0.4, 0.5) is 5.69 Å². The van der Waals surface area contributed by atoms with Crippen LogP contribution in [-0.4, -0.2) is 34.2 Å². The van der Waals surface area contributed by atoms with Gasteiger partial charge in [0.2, 0.25) is 11.8 Å².